The fourth-order valence-corrected chi connectivity index (χ4v) is 3.85. The van der Waals surface area contributed by atoms with Crippen LogP contribution in [-0.2, 0) is 4.79 Å². The van der Waals surface area contributed by atoms with Gasteiger partial charge in [-0.2, -0.15) is 0 Å². The number of rotatable bonds is 5. The van der Waals surface area contributed by atoms with Gasteiger partial charge in [0.15, 0.2) is 0 Å². The highest BCUT2D eigenvalue weighted by atomic mass is 35.5. The van der Waals surface area contributed by atoms with Crippen molar-refractivity contribution in [3.63, 3.8) is 0 Å². The van der Waals surface area contributed by atoms with E-state index in [2.05, 4.69) is 22.3 Å². The molecule has 120 valence electrons. The molecule has 2 aliphatic rings. The summed E-state index contributed by atoms with van der Waals surface area (Å²) in [6.07, 6.45) is 7.01. The number of nitrogens with one attached hydrogen (secondary N) is 1. The van der Waals surface area contributed by atoms with Gasteiger partial charge < -0.3 is 5.32 Å². The maximum atomic E-state index is 12.3. The zero-order valence-corrected chi connectivity index (χ0v) is 13.8. The van der Waals surface area contributed by atoms with Gasteiger partial charge in [-0.15, -0.1) is 0 Å². The predicted octanol–water partition coefficient (Wildman–Crippen LogP) is 3.78. The van der Waals surface area contributed by atoms with E-state index in [-0.39, 0.29) is 17.9 Å². The number of halogens is 1. The van der Waals surface area contributed by atoms with Gasteiger partial charge >= 0.3 is 0 Å². The molecule has 1 aliphatic heterocycles. The van der Waals surface area contributed by atoms with Crippen LogP contribution in [0, 0.1) is 5.92 Å². The van der Waals surface area contributed by atoms with Gasteiger partial charge in [-0.25, -0.2) is 0 Å². The molecular formula is C18H25ClN2O. The summed E-state index contributed by atoms with van der Waals surface area (Å²) in [6.45, 7) is 2.94. The number of hydrogen-bond acceptors (Lipinski definition) is 2. The lowest BCUT2D eigenvalue weighted by Crippen LogP contribution is -2.38. The Labute approximate surface area is 138 Å². The molecule has 3 rings (SSSR count). The molecule has 2 fully saturated rings. The summed E-state index contributed by atoms with van der Waals surface area (Å²) in [6, 6.07) is 8.34. The molecule has 0 bridgehead atoms. The first-order valence-electron chi connectivity index (χ1n) is 8.51. The smallest absolute Gasteiger partial charge is 0.223 e. The average Bonchev–Trinajstić information content (AvgIpc) is 3.22. The van der Waals surface area contributed by atoms with E-state index in [1.807, 2.05) is 12.1 Å². The third kappa shape index (κ3) is 3.82. The third-order valence-electron chi connectivity index (χ3n) is 5.03. The third-order valence-corrected chi connectivity index (χ3v) is 5.28. The Morgan fingerprint density at radius 2 is 1.77 bits per heavy atom. The number of benzene rings is 1. The first kappa shape index (κ1) is 15.8. The molecule has 1 heterocycles. The molecule has 4 heteroatoms. The van der Waals surface area contributed by atoms with Gasteiger partial charge in [0.25, 0.3) is 0 Å². The normalized spacial score (nSPS) is 21.1. The summed E-state index contributed by atoms with van der Waals surface area (Å²) in [5, 5.41) is 3.96. The van der Waals surface area contributed by atoms with Crippen molar-refractivity contribution in [1.82, 2.24) is 10.2 Å². The first-order valence-corrected chi connectivity index (χ1v) is 8.89. The molecule has 22 heavy (non-hydrogen) atoms. The maximum absolute atomic E-state index is 12.3. The summed E-state index contributed by atoms with van der Waals surface area (Å²) in [7, 11) is 0. The second-order valence-corrected chi connectivity index (χ2v) is 6.97. The standard InChI is InChI=1S/C18H25ClN2O/c19-16-9-7-14(8-10-16)17(21-11-3-4-12-21)13-20-18(22)15-5-1-2-6-15/h7-10,15,17H,1-6,11-13H2,(H,20,22)/t17-/m1/s1. The van der Waals surface area contributed by atoms with Crippen LogP contribution in [0.15, 0.2) is 24.3 Å². The van der Waals surface area contributed by atoms with E-state index in [9.17, 15) is 4.79 Å². The van der Waals surface area contributed by atoms with Crippen LogP contribution in [0.25, 0.3) is 0 Å². The lowest BCUT2D eigenvalue weighted by Gasteiger charge is -2.28. The monoisotopic (exact) mass is 320 g/mol. The Kier molecular flexibility index (Phi) is 5.37. The van der Waals surface area contributed by atoms with E-state index in [1.165, 1.54) is 31.2 Å². The Morgan fingerprint density at radius 1 is 1.14 bits per heavy atom. The SMILES string of the molecule is O=C(NC[C@H](c1ccc(Cl)cc1)N1CCCC1)C1CCCC1. The quantitative estimate of drug-likeness (QED) is 0.895. The van der Waals surface area contributed by atoms with Gasteiger partial charge in [-0.3, -0.25) is 9.69 Å². The number of amides is 1. The molecule has 1 saturated heterocycles. The number of carbonyl (C=O) groups excluding carboxylic acids is 1. The summed E-state index contributed by atoms with van der Waals surface area (Å²) in [4.78, 5) is 14.8. The highest BCUT2D eigenvalue weighted by Crippen LogP contribution is 2.27. The van der Waals surface area contributed by atoms with Crippen molar-refractivity contribution >= 4 is 17.5 Å². The van der Waals surface area contributed by atoms with Crippen molar-refractivity contribution in [3.05, 3.63) is 34.9 Å². The highest BCUT2D eigenvalue weighted by molar-refractivity contribution is 6.30. The van der Waals surface area contributed by atoms with Gasteiger partial charge in [-0.05, 0) is 56.5 Å². The van der Waals surface area contributed by atoms with Crippen LogP contribution in [0.2, 0.25) is 5.02 Å². The van der Waals surface area contributed by atoms with Crippen molar-refractivity contribution in [3.8, 4) is 0 Å². The largest absolute Gasteiger partial charge is 0.354 e. The zero-order chi connectivity index (χ0) is 15.4. The minimum Gasteiger partial charge on any atom is -0.354 e. The summed E-state index contributed by atoms with van der Waals surface area (Å²) in [5.74, 6) is 0.486. The molecule has 1 atom stereocenters. The Balaban J connectivity index is 1.65. The Hall–Kier alpha value is -1.06. The van der Waals surface area contributed by atoms with Crippen LogP contribution in [0.3, 0.4) is 0 Å². The van der Waals surface area contributed by atoms with E-state index in [0.29, 0.717) is 6.54 Å². The van der Waals surface area contributed by atoms with Crippen LogP contribution in [-0.4, -0.2) is 30.4 Å². The lowest BCUT2D eigenvalue weighted by molar-refractivity contribution is -0.125. The van der Waals surface area contributed by atoms with E-state index >= 15 is 0 Å². The Morgan fingerprint density at radius 3 is 2.41 bits per heavy atom. The van der Waals surface area contributed by atoms with Crippen LogP contribution in [0.4, 0.5) is 0 Å². The number of hydrogen-bond donors (Lipinski definition) is 1. The van der Waals surface area contributed by atoms with Gasteiger partial charge in [0, 0.05) is 17.5 Å². The summed E-state index contributed by atoms with van der Waals surface area (Å²) >= 11 is 6.01. The molecule has 1 aromatic rings. The van der Waals surface area contributed by atoms with Gasteiger partial charge in [0.2, 0.25) is 5.91 Å². The van der Waals surface area contributed by atoms with Crippen molar-refractivity contribution < 1.29 is 4.79 Å². The van der Waals surface area contributed by atoms with Crippen molar-refractivity contribution in [2.75, 3.05) is 19.6 Å². The number of nitrogens with zero attached hydrogens (tertiary/aromatic N) is 1. The molecule has 1 aromatic carbocycles. The van der Waals surface area contributed by atoms with Crippen LogP contribution >= 0.6 is 11.6 Å². The van der Waals surface area contributed by atoms with E-state index in [1.54, 1.807) is 0 Å². The lowest BCUT2D eigenvalue weighted by atomic mass is 10.0. The van der Waals surface area contributed by atoms with Crippen LogP contribution < -0.4 is 5.32 Å². The highest BCUT2D eigenvalue weighted by Gasteiger charge is 2.26. The number of carbonyl (C=O) groups is 1. The van der Waals surface area contributed by atoms with Crippen molar-refractivity contribution in [2.24, 2.45) is 5.92 Å². The fourth-order valence-electron chi connectivity index (χ4n) is 3.73. The summed E-state index contributed by atoms with van der Waals surface area (Å²) in [5.41, 5.74) is 1.25. The van der Waals surface area contributed by atoms with Gasteiger partial charge in [-0.1, -0.05) is 36.6 Å². The minimum atomic E-state index is 0.240. The molecule has 1 N–H and O–H groups in total. The molecule has 0 spiro atoms. The molecule has 0 unspecified atom stereocenters. The fraction of sp³-hybridized carbons (Fsp3) is 0.611. The molecule has 0 aromatic heterocycles. The molecule has 1 amide bonds. The molecule has 3 nitrogen and oxygen atoms in total. The second-order valence-electron chi connectivity index (χ2n) is 6.54. The van der Waals surface area contributed by atoms with Crippen LogP contribution in [0.1, 0.15) is 50.1 Å². The topological polar surface area (TPSA) is 32.3 Å². The molecular weight excluding hydrogens is 296 g/mol. The average molecular weight is 321 g/mol. The van der Waals surface area contributed by atoms with E-state index in [4.69, 9.17) is 11.6 Å². The molecule has 1 saturated carbocycles. The second kappa shape index (κ2) is 7.47. The Bertz CT molecular complexity index is 490. The number of likely N-dealkylation sites (tertiary alicyclic amines) is 1. The zero-order valence-electron chi connectivity index (χ0n) is 13.1. The van der Waals surface area contributed by atoms with E-state index < -0.39 is 0 Å². The van der Waals surface area contributed by atoms with Gasteiger partial charge in [0.05, 0.1) is 6.04 Å². The maximum Gasteiger partial charge on any atom is 0.223 e. The van der Waals surface area contributed by atoms with Crippen molar-refractivity contribution in [2.45, 2.75) is 44.6 Å². The first-order chi connectivity index (χ1) is 10.7. The summed E-state index contributed by atoms with van der Waals surface area (Å²) < 4.78 is 0. The minimum absolute atomic E-state index is 0.240. The molecule has 0 radical (unpaired) electrons. The molecule has 1 aliphatic carbocycles. The van der Waals surface area contributed by atoms with Crippen LogP contribution in [0.5, 0.6) is 0 Å². The van der Waals surface area contributed by atoms with Crippen molar-refractivity contribution in [1.29, 1.82) is 0 Å². The van der Waals surface area contributed by atoms with Gasteiger partial charge in [0.1, 0.15) is 0 Å². The predicted molar refractivity (Wildman–Crippen MR) is 90.0 cm³/mol. The van der Waals surface area contributed by atoms with E-state index in [0.717, 1.165) is 31.0 Å².